The van der Waals surface area contributed by atoms with E-state index in [4.69, 9.17) is 9.47 Å². The second-order valence-electron chi connectivity index (χ2n) is 6.27. The minimum atomic E-state index is -0.304. The van der Waals surface area contributed by atoms with Crippen LogP contribution in [-0.2, 0) is 4.74 Å². The summed E-state index contributed by atoms with van der Waals surface area (Å²) < 4.78 is 12.2. The van der Waals surface area contributed by atoms with Crippen molar-refractivity contribution in [3.05, 3.63) is 39.5 Å². The largest absolute Gasteiger partial charge is 0.489 e. The molecule has 3 rings (SSSR count). The Morgan fingerprint density at radius 3 is 2.52 bits per heavy atom. The van der Waals surface area contributed by atoms with E-state index < -0.39 is 0 Å². The van der Waals surface area contributed by atoms with E-state index in [0.29, 0.717) is 11.7 Å². The first-order valence-corrected chi connectivity index (χ1v) is 9.14. The first-order valence-electron chi connectivity index (χ1n) is 8.06. The number of benzene rings is 2. The fourth-order valence-electron chi connectivity index (χ4n) is 3.21. The number of hydrogen-bond acceptors (Lipinski definition) is 3. The van der Waals surface area contributed by atoms with Crippen molar-refractivity contribution in [2.45, 2.75) is 38.7 Å². The molecule has 0 bridgehead atoms. The molecular weight excluding hydrogens is 403 g/mol. The van der Waals surface area contributed by atoms with E-state index >= 15 is 0 Å². The van der Waals surface area contributed by atoms with Gasteiger partial charge in [0.25, 0.3) is 0 Å². The lowest BCUT2D eigenvalue weighted by molar-refractivity contribution is 0.0603. The molecule has 0 saturated heterocycles. The lowest BCUT2D eigenvalue weighted by Gasteiger charge is -2.27. The SMILES string of the molecule is COC(=O)c1cccc2c(I)c(O[C@H]3CC[C@@H](C)CC3)ccc12. The van der Waals surface area contributed by atoms with Crippen LogP contribution < -0.4 is 4.74 Å². The Morgan fingerprint density at radius 2 is 1.83 bits per heavy atom. The van der Waals surface area contributed by atoms with Gasteiger partial charge < -0.3 is 9.47 Å². The third-order valence-electron chi connectivity index (χ3n) is 4.62. The van der Waals surface area contributed by atoms with Crippen LogP contribution in [0.25, 0.3) is 10.8 Å². The number of carbonyl (C=O) groups excluding carboxylic acids is 1. The third-order valence-corrected chi connectivity index (χ3v) is 5.73. The van der Waals surface area contributed by atoms with E-state index in [1.807, 2.05) is 24.3 Å². The minimum Gasteiger partial charge on any atom is -0.489 e. The predicted molar refractivity (Wildman–Crippen MR) is 100 cm³/mol. The molecule has 1 aliphatic rings. The highest BCUT2D eigenvalue weighted by Crippen LogP contribution is 2.34. The highest BCUT2D eigenvalue weighted by molar-refractivity contribution is 14.1. The van der Waals surface area contributed by atoms with E-state index in [-0.39, 0.29) is 5.97 Å². The van der Waals surface area contributed by atoms with Crippen LogP contribution in [0.5, 0.6) is 5.75 Å². The van der Waals surface area contributed by atoms with E-state index in [2.05, 4.69) is 29.5 Å². The van der Waals surface area contributed by atoms with Crippen molar-refractivity contribution in [2.24, 2.45) is 5.92 Å². The molecule has 0 unspecified atom stereocenters. The summed E-state index contributed by atoms with van der Waals surface area (Å²) in [6.45, 7) is 2.31. The molecule has 0 aliphatic heterocycles. The number of methoxy groups -OCH3 is 1. The van der Waals surface area contributed by atoms with Gasteiger partial charge in [0.2, 0.25) is 0 Å². The molecule has 23 heavy (non-hydrogen) atoms. The van der Waals surface area contributed by atoms with Crippen LogP contribution in [-0.4, -0.2) is 19.2 Å². The standard InChI is InChI=1S/C19H21IO3/c1-12-6-8-13(9-7-12)23-17-11-10-14-15(18(17)20)4-3-5-16(14)19(21)22-2/h3-5,10-13H,6-9H2,1-2H3/t12-,13+. The summed E-state index contributed by atoms with van der Waals surface area (Å²) in [6, 6.07) is 9.66. The Hall–Kier alpha value is -1.30. The molecule has 1 aliphatic carbocycles. The van der Waals surface area contributed by atoms with Gasteiger partial charge in [-0.15, -0.1) is 0 Å². The van der Waals surface area contributed by atoms with Crippen LogP contribution >= 0.6 is 22.6 Å². The molecule has 1 saturated carbocycles. The average molecular weight is 424 g/mol. The normalized spacial score (nSPS) is 21.2. The molecule has 1 fully saturated rings. The fourth-order valence-corrected chi connectivity index (χ4v) is 3.98. The summed E-state index contributed by atoms with van der Waals surface area (Å²) in [6.07, 6.45) is 5.03. The van der Waals surface area contributed by atoms with E-state index in [1.54, 1.807) is 6.07 Å². The molecule has 0 radical (unpaired) electrons. The topological polar surface area (TPSA) is 35.5 Å². The number of hydrogen-bond donors (Lipinski definition) is 0. The molecule has 0 spiro atoms. The zero-order valence-electron chi connectivity index (χ0n) is 13.5. The van der Waals surface area contributed by atoms with Gasteiger partial charge in [0.15, 0.2) is 0 Å². The number of halogens is 1. The lowest BCUT2D eigenvalue weighted by Crippen LogP contribution is -2.23. The van der Waals surface area contributed by atoms with Gasteiger partial charge in [0.1, 0.15) is 5.75 Å². The van der Waals surface area contributed by atoms with Gasteiger partial charge in [-0.3, -0.25) is 0 Å². The minimum absolute atomic E-state index is 0.304. The van der Waals surface area contributed by atoms with E-state index in [1.165, 1.54) is 20.0 Å². The summed E-state index contributed by atoms with van der Waals surface area (Å²) >= 11 is 2.31. The zero-order valence-corrected chi connectivity index (χ0v) is 15.6. The maximum absolute atomic E-state index is 11.9. The molecule has 3 nitrogen and oxygen atoms in total. The van der Waals surface area contributed by atoms with Crippen LogP contribution in [0, 0.1) is 9.49 Å². The van der Waals surface area contributed by atoms with Gasteiger partial charge in [0.05, 0.1) is 22.3 Å². The van der Waals surface area contributed by atoms with Gasteiger partial charge in [-0.2, -0.15) is 0 Å². The van der Waals surface area contributed by atoms with Gasteiger partial charge in [0, 0.05) is 0 Å². The maximum atomic E-state index is 11.9. The van der Waals surface area contributed by atoms with Crippen LogP contribution in [0.2, 0.25) is 0 Å². The van der Waals surface area contributed by atoms with Crippen molar-refractivity contribution in [1.29, 1.82) is 0 Å². The first kappa shape index (κ1) is 16.6. The monoisotopic (exact) mass is 424 g/mol. The van der Waals surface area contributed by atoms with Crippen LogP contribution in [0.4, 0.5) is 0 Å². The van der Waals surface area contributed by atoms with E-state index in [9.17, 15) is 4.79 Å². The molecule has 0 atom stereocenters. The summed E-state index contributed by atoms with van der Waals surface area (Å²) in [5, 5.41) is 1.95. The Kier molecular flexibility index (Phi) is 5.09. The van der Waals surface area contributed by atoms with Crippen molar-refractivity contribution in [3.63, 3.8) is 0 Å². The molecule has 2 aromatic rings. The highest BCUT2D eigenvalue weighted by Gasteiger charge is 2.21. The molecule has 0 heterocycles. The smallest absolute Gasteiger partial charge is 0.338 e. The number of carbonyl (C=O) groups is 1. The predicted octanol–water partition coefficient (Wildman–Crippen LogP) is 5.19. The second-order valence-corrected chi connectivity index (χ2v) is 7.35. The molecule has 4 heteroatoms. The summed E-state index contributed by atoms with van der Waals surface area (Å²) in [7, 11) is 1.41. The maximum Gasteiger partial charge on any atom is 0.338 e. The van der Waals surface area contributed by atoms with Crippen molar-refractivity contribution in [2.75, 3.05) is 7.11 Å². The van der Waals surface area contributed by atoms with Crippen molar-refractivity contribution in [1.82, 2.24) is 0 Å². The van der Waals surface area contributed by atoms with Gasteiger partial charge in [-0.1, -0.05) is 19.1 Å². The van der Waals surface area contributed by atoms with Crippen LogP contribution in [0.1, 0.15) is 43.0 Å². The first-order chi connectivity index (χ1) is 11.1. The van der Waals surface area contributed by atoms with Crippen LogP contribution in [0.3, 0.4) is 0 Å². The highest BCUT2D eigenvalue weighted by atomic mass is 127. The summed E-state index contributed by atoms with van der Waals surface area (Å²) in [4.78, 5) is 11.9. The zero-order chi connectivity index (χ0) is 16.4. The summed E-state index contributed by atoms with van der Waals surface area (Å²) in [5.41, 5.74) is 0.598. The molecule has 122 valence electrons. The number of esters is 1. The van der Waals surface area contributed by atoms with Gasteiger partial charge >= 0.3 is 5.97 Å². The summed E-state index contributed by atoms with van der Waals surface area (Å²) in [5.74, 6) is 1.43. The fraction of sp³-hybridized carbons (Fsp3) is 0.421. The van der Waals surface area contributed by atoms with Crippen molar-refractivity contribution in [3.8, 4) is 5.75 Å². The van der Waals surface area contributed by atoms with Crippen molar-refractivity contribution < 1.29 is 14.3 Å². The Morgan fingerprint density at radius 1 is 1.09 bits per heavy atom. The average Bonchev–Trinajstić information content (AvgIpc) is 2.58. The Labute approximate surface area is 150 Å². The number of fused-ring (bicyclic) bond motifs is 1. The molecule has 0 N–H and O–H groups in total. The molecule has 0 amide bonds. The Bertz CT molecular complexity index is 718. The van der Waals surface area contributed by atoms with Crippen LogP contribution in [0.15, 0.2) is 30.3 Å². The number of ether oxygens (including phenoxy) is 2. The molecular formula is C19H21IO3. The number of rotatable bonds is 3. The second kappa shape index (κ2) is 7.07. The lowest BCUT2D eigenvalue weighted by atomic mass is 9.89. The molecule has 0 aromatic heterocycles. The van der Waals surface area contributed by atoms with Crippen molar-refractivity contribution >= 4 is 39.3 Å². The molecule has 2 aromatic carbocycles. The quantitative estimate of drug-likeness (QED) is 0.503. The van der Waals surface area contributed by atoms with Gasteiger partial charge in [-0.25, -0.2) is 4.79 Å². The van der Waals surface area contributed by atoms with E-state index in [0.717, 1.165) is 38.9 Å². The Balaban J connectivity index is 1.91. The third kappa shape index (κ3) is 3.47. The van der Waals surface area contributed by atoms with Gasteiger partial charge in [-0.05, 0) is 83.2 Å².